The van der Waals surface area contributed by atoms with Gasteiger partial charge < -0.3 is 28.4 Å². The number of fused-ring (bicyclic) bond motifs is 1. The molecule has 1 aliphatic heterocycles. The standard InChI is InChI=1S/C25H26O12/c1-12(26)32-10-18-23(34-14(3)28)24(35-15(4)29)21(11-33-13(2)27)37-25(18)36-20-9-19(30)16-7-5-6-8-17(16)22(20)31/h5-9,18,21,23-25H,10-11H2,1-4H3/t18-,21-,23-,24+,25+/m1/s1. The van der Waals surface area contributed by atoms with Crippen LogP contribution in [-0.2, 0) is 47.6 Å². The van der Waals surface area contributed by atoms with Crippen molar-refractivity contribution in [3.05, 3.63) is 47.2 Å². The molecule has 0 N–H and O–H groups in total. The zero-order chi connectivity index (χ0) is 27.3. The van der Waals surface area contributed by atoms with Gasteiger partial charge in [-0.05, 0) is 0 Å². The minimum atomic E-state index is -1.45. The van der Waals surface area contributed by atoms with Crippen LogP contribution in [0.15, 0.2) is 36.1 Å². The Morgan fingerprint density at radius 3 is 1.95 bits per heavy atom. The van der Waals surface area contributed by atoms with Crippen LogP contribution in [0.25, 0.3) is 0 Å². The molecule has 0 spiro atoms. The van der Waals surface area contributed by atoms with Gasteiger partial charge in [-0.25, -0.2) is 0 Å². The molecule has 5 atom stereocenters. The summed E-state index contributed by atoms with van der Waals surface area (Å²) in [5.74, 6) is -5.43. The van der Waals surface area contributed by atoms with Gasteiger partial charge in [0.05, 0.1) is 5.92 Å². The Morgan fingerprint density at radius 2 is 1.35 bits per heavy atom. The van der Waals surface area contributed by atoms with E-state index in [2.05, 4.69) is 0 Å². The largest absolute Gasteiger partial charge is 0.465 e. The molecule has 0 unspecified atom stereocenters. The maximum absolute atomic E-state index is 13.1. The highest BCUT2D eigenvalue weighted by molar-refractivity contribution is 6.23. The number of carbonyl (C=O) groups is 6. The summed E-state index contributed by atoms with van der Waals surface area (Å²) in [7, 11) is 0. The molecule has 1 heterocycles. The quantitative estimate of drug-likeness (QED) is 0.359. The smallest absolute Gasteiger partial charge is 0.303 e. The van der Waals surface area contributed by atoms with Crippen LogP contribution in [0, 0.1) is 5.92 Å². The van der Waals surface area contributed by atoms with Crippen molar-refractivity contribution in [1.29, 1.82) is 0 Å². The van der Waals surface area contributed by atoms with Crippen LogP contribution in [0.2, 0.25) is 0 Å². The van der Waals surface area contributed by atoms with Gasteiger partial charge in [-0.2, -0.15) is 0 Å². The number of hydrogen-bond acceptors (Lipinski definition) is 12. The maximum Gasteiger partial charge on any atom is 0.303 e. The van der Waals surface area contributed by atoms with Gasteiger partial charge in [-0.15, -0.1) is 0 Å². The Kier molecular flexibility index (Phi) is 8.77. The molecule has 2 aliphatic rings. The van der Waals surface area contributed by atoms with Crippen LogP contribution in [0.4, 0.5) is 0 Å². The second kappa shape index (κ2) is 11.8. The minimum Gasteiger partial charge on any atom is -0.465 e. The summed E-state index contributed by atoms with van der Waals surface area (Å²) < 4.78 is 32.7. The van der Waals surface area contributed by atoms with Crippen LogP contribution in [0.1, 0.15) is 48.4 Å². The highest BCUT2D eigenvalue weighted by Gasteiger charge is 2.52. The van der Waals surface area contributed by atoms with E-state index in [0.29, 0.717) is 0 Å². The fraction of sp³-hybridized carbons (Fsp3) is 0.440. The van der Waals surface area contributed by atoms with Gasteiger partial charge in [0.25, 0.3) is 0 Å². The van der Waals surface area contributed by atoms with E-state index in [-0.39, 0.29) is 16.9 Å². The summed E-state index contributed by atoms with van der Waals surface area (Å²) in [4.78, 5) is 72.5. The molecule has 0 bridgehead atoms. The van der Waals surface area contributed by atoms with Crippen molar-refractivity contribution >= 4 is 35.4 Å². The predicted octanol–water partition coefficient (Wildman–Crippen LogP) is 1.30. The van der Waals surface area contributed by atoms with E-state index in [1.54, 1.807) is 12.1 Å². The summed E-state index contributed by atoms with van der Waals surface area (Å²) in [6.45, 7) is 3.67. The van der Waals surface area contributed by atoms with Crippen LogP contribution in [-0.4, -0.2) is 73.3 Å². The molecule has 0 saturated carbocycles. The third-order valence-corrected chi connectivity index (χ3v) is 5.47. The van der Waals surface area contributed by atoms with Gasteiger partial charge in [0.15, 0.2) is 23.8 Å². The van der Waals surface area contributed by atoms with E-state index < -0.39 is 79.2 Å². The van der Waals surface area contributed by atoms with Crippen molar-refractivity contribution < 1.29 is 57.2 Å². The second-order valence-corrected chi connectivity index (χ2v) is 8.33. The van der Waals surface area contributed by atoms with Gasteiger partial charge in [0.1, 0.15) is 19.3 Å². The van der Waals surface area contributed by atoms with E-state index in [0.717, 1.165) is 33.8 Å². The fourth-order valence-electron chi connectivity index (χ4n) is 3.98. The number of Topliss-reactive ketones (excluding diaryl/α,β-unsaturated/α-hetero) is 1. The number of esters is 4. The molecular formula is C25H26O12. The summed E-state index contributed by atoms with van der Waals surface area (Å²) >= 11 is 0. The third kappa shape index (κ3) is 6.79. The first kappa shape index (κ1) is 27.5. The first-order valence-electron chi connectivity index (χ1n) is 11.3. The Morgan fingerprint density at radius 1 is 0.784 bits per heavy atom. The van der Waals surface area contributed by atoms with Crippen LogP contribution < -0.4 is 0 Å². The summed E-state index contributed by atoms with van der Waals surface area (Å²) in [6.07, 6.45) is -4.26. The molecule has 12 heteroatoms. The monoisotopic (exact) mass is 518 g/mol. The van der Waals surface area contributed by atoms with Crippen molar-refractivity contribution in [1.82, 2.24) is 0 Å². The molecule has 1 fully saturated rings. The number of ether oxygens (including phenoxy) is 6. The molecule has 37 heavy (non-hydrogen) atoms. The van der Waals surface area contributed by atoms with Gasteiger partial charge in [0.2, 0.25) is 12.1 Å². The van der Waals surface area contributed by atoms with Gasteiger partial charge in [0, 0.05) is 44.9 Å². The lowest BCUT2D eigenvalue weighted by Crippen LogP contribution is -2.60. The zero-order valence-electron chi connectivity index (χ0n) is 20.6. The number of ketones is 2. The highest BCUT2D eigenvalue weighted by Crippen LogP contribution is 2.35. The van der Waals surface area contributed by atoms with Gasteiger partial charge in [-0.1, -0.05) is 24.3 Å². The predicted molar refractivity (Wildman–Crippen MR) is 121 cm³/mol. The minimum absolute atomic E-state index is 0.114. The normalized spacial score (nSPS) is 24.8. The number of benzene rings is 1. The number of allylic oxidation sites excluding steroid dienone is 2. The number of hydrogen-bond donors (Lipinski definition) is 0. The van der Waals surface area contributed by atoms with Crippen LogP contribution in [0.5, 0.6) is 0 Å². The Hall–Kier alpha value is -4.06. The first-order valence-corrected chi connectivity index (χ1v) is 11.3. The van der Waals surface area contributed by atoms with Gasteiger partial charge >= 0.3 is 23.9 Å². The molecule has 1 saturated heterocycles. The highest BCUT2D eigenvalue weighted by atomic mass is 16.7. The SMILES string of the molecule is CC(=O)OC[C@H]1[C@@H](OC2=CC(=O)c3ccccc3C2=O)O[C@H](COC(C)=O)[C@H](OC(C)=O)[C@@H]1OC(C)=O. The molecule has 0 radical (unpaired) electrons. The summed E-state index contributed by atoms with van der Waals surface area (Å²) in [6, 6.07) is 6.16. The molecule has 1 aromatic carbocycles. The van der Waals surface area contributed by atoms with Crippen molar-refractivity contribution in [2.24, 2.45) is 5.92 Å². The first-order chi connectivity index (χ1) is 17.5. The molecule has 0 amide bonds. The number of rotatable bonds is 8. The maximum atomic E-state index is 13.1. The fourth-order valence-corrected chi connectivity index (χ4v) is 3.98. The lowest BCUT2D eigenvalue weighted by atomic mass is 9.90. The molecule has 12 nitrogen and oxygen atoms in total. The van der Waals surface area contributed by atoms with Crippen molar-refractivity contribution in [3.8, 4) is 0 Å². The molecule has 1 aromatic rings. The lowest BCUT2D eigenvalue weighted by molar-refractivity contribution is -0.286. The Balaban J connectivity index is 2.00. The van der Waals surface area contributed by atoms with Gasteiger partial charge in [-0.3, -0.25) is 28.8 Å². The van der Waals surface area contributed by atoms with E-state index in [1.165, 1.54) is 12.1 Å². The van der Waals surface area contributed by atoms with E-state index in [4.69, 9.17) is 28.4 Å². The third-order valence-electron chi connectivity index (χ3n) is 5.47. The molecular weight excluding hydrogens is 492 g/mol. The molecule has 198 valence electrons. The van der Waals surface area contributed by atoms with Crippen LogP contribution in [0.3, 0.4) is 0 Å². The van der Waals surface area contributed by atoms with E-state index >= 15 is 0 Å². The van der Waals surface area contributed by atoms with E-state index in [1.807, 2.05) is 0 Å². The van der Waals surface area contributed by atoms with Crippen molar-refractivity contribution in [3.63, 3.8) is 0 Å². The molecule has 1 aliphatic carbocycles. The van der Waals surface area contributed by atoms with Crippen molar-refractivity contribution in [2.45, 2.75) is 52.3 Å². The lowest BCUT2D eigenvalue weighted by Gasteiger charge is -2.44. The Labute approximate surface area is 211 Å². The average molecular weight is 518 g/mol. The number of carbonyl (C=O) groups excluding carboxylic acids is 6. The Bertz CT molecular complexity index is 1140. The summed E-state index contributed by atoms with van der Waals surface area (Å²) in [5, 5.41) is 0. The molecule has 0 aromatic heterocycles. The molecule has 3 rings (SSSR count). The average Bonchev–Trinajstić information content (AvgIpc) is 2.81. The summed E-state index contributed by atoms with van der Waals surface area (Å²) in [5.41, 5.74) is 0.310. The topological polar surface area (TPSA) is 158 Å². The zero-order valence-corrected chi connectivity index (χ0v) is 20.6. The van der Waals surface area contributed by atoms with Crippen LogP contribution >= 0.6 is 0 Å². The van der Waals surface area contributed by atoms with E-state index in [9.17, 15) is 28.8 Å². The van der Waals surface area contributed by atoms with Crippen molar-refractivity contribution in [2.75, 3.05) is 13.2 Å². The second-order valence-electron chi connectivity index (χ2n) is 8.33.